The van der Waals surface area contributed by atoms with E-state index in [2.05, 4.69) is 4.90 Å². The molecule has 0 N–H and O–H groups in total. The van der Waals surface area contributed by atoms with Crippen LogP contribution >= 0.6 is 0 Å². The summed E-state index contributed by atoms with van der Waals surface area (Å²) >= 11 is 0. The number of Topliss-reactive ketones (excluding diaryl/α,β-unsaturated/α-hetero) is 1. The molecule has 4 heteroatoms. The summed E-state index contributed by atoms with van der Waals surface area (Å²) in [7, 11) is 1.74. The first-order valence-corrected chi connectivity index (χ1v) is 6.73. The van der Waals surface area contributed by atoms with E-state index in [-0.39, 0.29) is 11.6 Å². The number of halogens is 1. The summed E-state index contributed by atoms with van der Waals surface area (Å²) in [6.07, 6.45) is 2.77. The number of ketones is 1. The van der Waals surface area contributed by atoms with E-state index in [1.807, 2.05) is 0 Å². The Labute approximate surface area is 113 Å². The van der Waals surface area contributed by atoms with Crippen LogP contribution in [0, 0.1) is 5.82 Å². The molecular weight excluding hydrogens is 245 g/mol. The van der Waals surface area contributed by atoms with Gasteiger partial charge in [-0.2, -0.15) is 0 Å². The van der Waals surface area contributed by atoms with Crippen molar-refractivity contribution < 1.29 is 13.9 Å². The third-order valence-corrected chi connectivity index (χ3v) is 3.61. The van der Waals surface area contributed by atoms with Gasteiger partial charge >= 0.3 is 0 Å². The van der Waals surface area contributed by atoms with Crippen molar-refractivity contribution in [1.82, 2.24) is 4.90 Å². The van der Waals surface area contributed by atoms with Gasteiger partial charge in [0.1, 0.15) is 5.82 Å². The fourth-order valence-corrected chi connectivity index (χ4v) is 2.44. The van der Waals surface area contributed by atoms with E-state index in [0.717, 1.165) is 32.5 Å². The molecule has 0 bridgehead atoms. The molecule has 1 aromatic rings. The lowest BCUT2D eigenvalue weighted by Gasteiger charge is -2.14. The summed E-state index contributed by atoms with van der Waals surface area (Å²) in [5, 5.41) is 0. The van der Waals surface area contributed by atoms with Gasteiger partial charge in [0.15, 0.2) is 5.78 Å². The van der Waals surface area contributed by atoms with Gasteiger partial charge in [0.2, 0.25) is 0 Å². The topological polar surface area (TPSA) is 29.5 Å². The monoisotopic (exact) mass is 265 g/mol. The number of hydrogen-bond acceptors (Lipinski definition) is 3. The van der Waals surface area contributed by atoms with E-state index in [9.17, 15) is 9.18 Å². The fourth-order valence-electron chi connectivity index (χ4n) is 2.44. The fraction of sp³-hybridized carbons (Fsp3) is 0.533. The Morgan fingerprint density at radius 3 is 2.79 bits per heavy atom. The molecule has 19 heavy (non-hydrogen) atoms. The van der Waals surface area contributed by atoms with E-state index in [0.29, 0.717) is 18.1 Å². The Balaban J connectivity index is 1.71. The van der Waals surface area contributed by atoms with E-state index >= 15 is 0 Å². The smallest absolute Gasteiger partial charge is 0.162 e. The van der Waals surface area contributed by atoms with Gasteiger partial charge in [0.05, 0.1) is 6.10 Å². The molecule has 1 aliphatic rings. The minimum atomic E-state index is -0.306. The Hall–Kier alpha value is -1.26. The molecule has 0 unspecified atom stereocenters. The lowest BCUT2D eigenvalue weighted by molar-refractivity contribution is 0.0969. The second-order valence-corrected chi connectivity index (χ2v) is 4.98. The number of hydrogen-bond donors (Lipinski definition) is 0. The van der Waals surface area contributed by atoms with Gasteiger partial charge in [0, 0.05) is 32.2 Å². The van der Waals surface area contributed by atoms with Crippen LogP contribution in [0.2, 0.25) is 0 Å². The molecule has 0 radical (unpaired) electrons. The highest BCUT2D eigenvalue weighted by atomic mass is 19.1. The minimum Gasteiger partial charge on any atom is -0.380 e. The molecule has 1 heterocycles. The standard InChI is InChI=1S/C15H20FNO2/c1-19-14-8-10-17(11-14)9-2-3-15(18)12-4-6-13(16)7-5-12/h4-7,14H,2-3,8-11H2,1H3/t14-/m1/s1. The normalized spacial score (nSPS) is 19.8. The number of benzene rings is 1. The molecule has 104 valence electrons. The Morgan fingerprint density at radius 2 is 2.16 bits per heavy atom. The van der Waals surface area contributed by atoms with Crippen molar-refractivity contribution in [3.8, 4) is 0 Å². The lowest BCUT2D eigenvalue weighted by Crippen LogP contribution is -2.24. The highest BCUT2D eigenvalue weighted by Crippen LogP contribution is 2.13. The Bertz CT molecular complexity index is 419. The van der Waals surface area contributed by atoms with Crippen molar-refractivity contribution in [3.63, 3.8) is 0 Å². The van der Waals surface area contributed by atoms with E-state index in [4.69, 9.17) is 4.74 Å². The number of ether oxygens (including phenoxy) is 1. The Morgan fingerprint density at radius 1 is 1.42 bits per heavy atom. The van der Waals surface area contributed by atoms with Crippen molar-refractivity contribution in [1.29, 1.82) is 0 Å². The SMILES string of the molecule is CO[C@@H]1CCN(CCCC(=O)c2ccc(F)cc2)C1. The molecular formula is C15H20FNO2. The average molecular weight is 265 g/mol. The van der Waals surface area contributed by atoms with Crippen LogP contribution in [-0.4, -0.2) is 43.5 Å². The molecule has 0 saturated carbocycles. The first-order chi connectivity index (χ1) is 9.19. The predicted molar refractivity (Wildman–Crippen MR) is 71.8 cm³/mol. The number of rotatable bonds is 6. The van der Waals surface area contributed by atoms with Crippen LogP contribution in [0.3, 0.4) is 0 Å². The third kappa shape index (κ3) is 4.11. The first-order valence-electron chi connectivity index (χ1n) is 6.73. The van der Waals surface area contributed by atoms with Crippen molar-refractivity contribution in [2.75, 3.05) is 26.7 Å². The van der Waals surface area contributed by atoms with E-state index < -0.39 is 0 Å². The van der Waals surface area contributed by atoms with Crippen molar-refractivity contribution in [2.45, 2.75) is 25.4 Å². The summed E-state index contributed by atoms with van der Waals surface area (Å²) in [6, 6.07) is 5.76. The van der Waals surface area contributed by atoms with Gasteiger partial charge in [0.25, 0.3) is 0 Å². The van der Waals surface area contributed by atoms with Gasteiger partial charge in [-0.1, -0.05) is 0 Å². The van der Waals surface area contributed by atoms with Crippen molar-refractivity contribution >= 4 is 5.78 Å². The maximum Gasteiger partial charge on any atom is 0.162 e. The van der Waals surface area contributed by atoms with Crippen LogP contribution in [0.15, 0.2) is 24.3 Å². The summed E-state index contributed by atoms with van der Waals surface area (Å²) < 4.78 is 18.1. The molecule has 3 nitrogen and oxygen atoms in total. The Kier molecular flexibility index (Phi) is 5.05. The van der Waals surface area contributed by atoms with Crippen LogP contribution in [-0.2, 0) is 4.74 Å². The summed E-state index contributed by atoms with van der Waals surface area (Å²) in [5.41, 5.74) is 0.595. The summed E-state index contributed by atoms with van der Waals surface area (Å²) in [4.78, 5) is 14.2. The van der Waals surface area contributed by atoms with Crippen LogP contribution in [0.5, 0.6) is 0 Å². The van der Waals surface area contributed by atoms with Gasteiger partial charge < -0.3 is 9.64 Å². The number of nitrogens with zero attached hydrogens (tertiary/aromatic N) is 1. The number of carbonyl (C=O) groups is 1. The summed E-state index contributed by atoms with van der Waals surface area (Å²) in [6.45, 7) is 2.93. The van der Waals surface area contributed by atoms with Crippen LogP contribution in [0.4, 0.5) is 4.39 Å². The maximum absolute atomic E-state index is 12.7. The zero-order valence-corrected chi connectivity index (χ0v) is 11.3. The highest BCUT2D eigenvalue weighted by Gasteiger charge is 2.21. The van der Waals surface area contributed by atoms with Crippen molar-refractivity contribution in [2.24, 2.45) is 0 Å². The first kappa shape index (κ1) is 14.2. The largest absolute Gasteiger partial charge is 0.380 e. The van der Waals surface area contributed by atoms with E-state index in [1.165, 1.54) is 12.1 Å². The third-order valence-electron chi connectivity index (χ3n) is 3.61. The van der Waals surface area contributed by atoms with Gasteiger partial charge in [-0.25, -0.2) is 4.39 Å². The van der Waals surface area contributed by atoms with E-state index in [1.54, 1.807) is 19.2 Å². The quantitative estimate of drug-likeness (QED) is 0.740. The zero-order valence-electron chi connectivity index (χ0n) is 11.3. The molecule has 1 atom stereocenters. The minimum absolute atomic E-state index is 0.0856. The van der Waals surface area contributed by atoms with Gasteiger partial charge in [-0.15, -0.1) is 0 Å². The second-order valence-electron chi connectivity index (χ2n) is 4.98. The molecule has 0 aliphatic carbocycles. The van der Waals surface area contributed by atoms with Gasteiger partial charge in [-0.3, -0.25) is 4.79 Å². The zero-order chi connectivity index (χ0) is 13.7. The lowest BCUT2D eigenvalue weighted by atomic mass is 10.1. The number of carbonyl (C=O) groups excluding carboxylic acids is 1. The second kappa shape index (κ2) is 6.78. The molecule has 1 saturated heterocycles. The molecule has 0 spiro atoms. The van der Waals surface area contributed by atoms with Crippen LogP contribution in [0.25, 0.3) is 0 Å². The average Bonchev–Trinajstić information content (AvgIpc) is 2.87. The molecule has 1 aliphatic heterocycles. The molecule has 0 amide bonds. The van der Waals surface area contributed by atoms with Crippen LogP contribution < -0.4 is 0 Å². The van der Waals surface area contributed by atoms with Crippen LogP contribution in [0.1, 0.15) is 29.6 Å². The maximum atomic E-state index is 12.7. The molecule has 1 fully saturated rings. The molecule has 2 rings (SSSR count). The summed E-state index contributed by atoms with van der Waals surface area (Å²) in [5.74, 6) is -0.221. The highest BCUT2D eigenvalue weighted by molar-refractivity contribution is 5.95. The van der Waals surface area contributed by atoms with Gasteiger partial charge in [-0.05, 0) is 43.7 Å². The van der Waals surface area contributed by atoms with Crippen molar-refractivity contribution in [3.05, 3.63) is 35.6 Å². The predicted octanol–water partition coefficient (Wildman–Crippen LogP) is 2.51. The number of methoxy groups -OCH3 is 1. The number of likely N-dealkylation sites (tertiary alicyclic amines) is 1. The molecule has 1 aromatic carbocycles. The molecule has 0 aromatic heterocycles.